The molecule has 0 saturated carbocycles. The van der Waals surface area contributed by atoms with Gasteiger partial charge in [0, 0.05) is 34.1 Å². The molecule has 2 aromatic rings. The van der Waals surface area contributed by atoms with Crippen LogP contribution in [0.15, 0.2) is 61.9 Å². The lowest BCUT2D eigenvalue weighted by Crippen LogP contribution is -2.29. The van der Waals surface area contributed by atoms with Gasteiger partial charge in [-0.1, -0.05) is 57.7 Å². The summed E-state index contributed by atoms with van der Waals surface area (Å²) in [6, 6.07) is 11.7. The normalized spacial score (nSPS) is 15.5. The fourth-order valence-electron chi connectivity index (χ4n) is 2.44. The first kappa shape index (κ1) is 21.0. The molecular weight excluding hydrogens is 480 g/mol. The number of carbonyl (C=O) groups excluding carboxylic acids is 1. The van der Waals surface area contributed by atoms with E-state index in [-0.39, 0.29) is 12.3 Å². The molecule has 0 aliphatic carbocycles. The fraction of sp³-hybridized carbons (Fsp3) is 0.158. The Morgan fingerprint density at radius 1 is 1.32 bits per heavy atom. The lowest BCUT2D eigenvalue weighted by Gasteiger charge is -2.13. The van der Waals surface area contributed by atoms with Gasteiger partial charge in [0.25, 0.3) is 5.91 Å². The summed E-state index contributed by atoms with van der Waals surface area (Å²) in [6.45, 7) is 0.307. The van der Waals surface area contributed by atoms with E-state index >= 15 is 0 Å². The molecule has 144 valence electrons. The number of amides is 1. The maximum absolute atomic E-state index is 12.7. The fourth-order valence-corrected chi connectivity index (χ4v) is 4.85. The molecule has 1 aliphatic heterocycles. The van der Waals surface area contributed by atoms with Crippen LogP contribution in [0.3, 0.4) is 0 Å². The van der Waals surface area contributed by atoms with Crippen LogP contribution in [0.5, 0.6) is 0 Å². The van der Waals surface area contributed by atoms with Crippen LogP contribution >= 0.6 is 51.7 Å². The summed E-state index contributed by atoms with van der Waals surface area (Å²) in [5.74, 6) is -1.07. The number of pyridine rings is 1. The van der Waals surface area contributed by atoms with E-state index in [9.17, 15) is 9.59 Å². The van der Waals surface area contributed by atoms with Gasteiger partial charge in [0.15, 0.2) is 0 Å². The summed E-state index contributed by atoms with van der Waals surface area (Å²) in [5.41, 5.74) is 0.835. The lowest BCUT2D eigenvalue weighted by atomic mass is 10.2. The molecule has 9 heteroatoms. The highest BCUT2D eigenvalue weighted by atomic mass is 79.9. The minimum atomic E-state index is -0.883. The highest BCUT2D eigenvalue weighted by molar-refractivity contribution is 9.10. The van der Waals surface area contributed by atoms with Crippen LogP contribution in [0.1, 0.15) is 18.4 Å². The smallest absolute Gasteiger partial charge is 0.303 e. The molecule has 28 heavy (non-hydrogen) atoms. The molecule has 0 spiro atoms. The molecule has 1 N–H and O–H groups in total. The minimum Gasteiger partial charge on any atom is -0.481 e. The van der Waals surface area contributed by atoms with Crippen molar-refractivity contribution < 1.29 is 14.7 Å². The number of thioether (sulfide) groups is 1. The maximum atomic E-state index is 12.7. The summed E-state index contributed by atoms with van der Waals surface area (Å²) in [7, 11) is 0. The van der Waals surface area contributed by atoms with Crippen molar-refractivity contribution >= 4 is 73.9 Å². The van der Waals surface area contributed by atoms with Crippen molar-refractivity contribution in [1.29, 1.82) is 0 Å². The van der Waals surface area contributed by atoms with E-state index in [1.165, 1.54) is 28.4 Å². The summed E-state index contributed by atoms with van der Waals surface area (Å²) in [5, 5.41) is 9.56. The van der Waals surface area contributed by atoms with Crippen molar-refractivity contribution in [2.45, 2.75) is 22.8 Å². The molecule has 1 fully saturated rings. The number of rotatable bonds is 7. The highest BCUT2D eigenvalue weighted by Crippen LogP contribution is 2.35. The van der Waals surface area contributed by atoms with E-state index in [0.717, 1.165) is 20.0 Å². The Morgan fingerprint density at radius 2 is 2.07 bits per heavy atom. The van der Waals surface area contributed by atoms with E-state index in [1.54, 1.807) is 12.3 Å². The van der Waals surface area contributed by atoms with Gasteiger partial charge in [-0.2, -0.15) is 0 Å². The van der Waals surface area contributed by atoms with Gasteiger partial charge in [-0.25, -0.2) is 4.98 Å². The Hall–Kier alpha value is -1.68. The van der Waals surface area contributed by atoms with Gasteiger partial charge in [-0.15, -0.1) is 0 Å². The molecule has 5 nitrogen and oxygen atoms in total. The molecule has 0 unspecified atom stereocenters. The highest BCUT2D eigenvalue weighted by Gasteiger charge is 2.31. The second kappa shape index (κ2) is 9.69. The van der Waals surface area contributed by atoms with E-state index in [2.05, 4.69) is 20.9 Å². The number of nitrogens with zero attached hydrogens (tertiary/aromatic N) is 2. The van der Waals surface area contributed by atoms with Gasteiger partial charge in [-0.3, -0.25) is 14.5 Å². The summed E-state index contributed by atoms with van der Waals surface area (Å²) in [4.78, 5) is 30.8. The summed E-state index contributed by atoms with van der Waals surface area (Å²) < 4.78 is 1.46. The Labute approximate surface area is 184 Å². The van der Waals surface area contributed by atoms with Crippen molar-refractivity contribution in [3.8, 4) is 0 Å². The van der Waals surface area contributed by atoms with Gasteiger partial charge in [0.1, 0.15) is 9.35 Å². The lowest BCUT2D eigenvalue weighted by molar-refractivity contribution is -0.137. The average Bonchev–Trinajstić information content (AvgIpc) is 2.92. The largest absolute Gasteiger partial charge is 0.481 e. The molecule has 0 atom stereocenters. The third kappa shape index (κ3) is 5.44. The number of carbonyl (C=O) groups is 2. The second-order valence-corrected chi connectivity index (χ2v) is 9.44. The van der Waals surface area contributed by atoms with E-state index < -0.39 is 5.97 Å². The number of carboxylic acids is 1. The Bertz CT molecular complexity index is 948. The van der Waals surface area contributed by atoms with Gasteiger partial charge >= 0.3 is 5.97 Å². The van der Waals surface area contributed by atoms with Crippen LogP contribution < -0.4 is 0 Å². The molecule has 1 aromatic heterocycles. The number of aromatic nitrogens is 1. The molecule has 0 radical (unpaired) electrons. The molecule has 3 rings (SSSR count). The van der Waals surface area contributed by atoms with Crippen LogP contribution in [-0.4, -0.2) is 37.7 Å². The van der Waals surface area contributed by atoms with Crippen LogP contribution in [0.4, 0.5) is 0 Å². The van der Waals surface area contributed by atoms with Crippen molar-refractivity contribution in [1.82, 2.24) is 9.88 Å². The first-order chi connectivity index (χ1) is 13.4. The molecule has 1 saturated heterocycles. The standard InChI is InChI=1S/C19H15BrN2O3S3/c20-13-5-7-14(8-6-13)27-17-12(3-1-9-21-17)11-15-18(25)22(19(26)28-15)10-2-4-16(23)24/h1,3,5-9,11H,2,4,10H2,(H,23,24)/b15-11-. The minimum absolute atomic E-state index is 0.00664. The zero-order valence-electron chi connectivity index (χ0n) is 14.5. The zero-order valence-corrected chi connectivity index (χ0v) is 18.5. The monoisotopic (exact) mass is 494 g/mol. The van der Waals surface area contributed by atoms with E-state index in [1.807, 2.05) is 36.4 Å². The SMILES string of the molecule is O=C(O)CCCN1C(=O)/C(=C/c2cccnc2Sc2ccc(Br)cc2)SC1=S. The van der Waals surface area contributed by atoms with Gasteiger partial charge in [0.05, 0.1) is 4.91 Å². The van der Waals surface area contributed by atoms with Crippen LogP contribution in [0.25, 0.3) is 6.08 Å². The van der Waals surface area contributed by atoms with E-state index in [0.29, 0.717) is 22.2 Å². The number of thiocarbonyl (C=S) groups is 1. The van der Waals surface area contributed by atoms with E-state index in [4.69, 9.17) is 17.3 Å². The predicted octanol–water partition coefficient (Wildman–Crippen LogP) is 5.06. The first-order valence-electron chi connectivity index (χ1n) is 8.29. The number of halogens is 1. The molecule has 1 aromatic carbocycles. The molecule has 2 heterocycles. The first-order valence-corrected chi connectivity index (χ1v) is 11.1. The molecule has 0 bridgehead atoms. The Morgan fingerprint density at radius 3 is 2.79 bits per heavy atom. The Balaban J connectivity index is 1.78. The Kier molecular flexibility index (Phi) is 7.28. The number of hydrogen-bond acceptors (Lipinski definition) is 6. The number of hydrogen-bond donors (Lipinski definition) is 1. The third-order valence-corrected chi connectivity index (χ3v) is 6.71. The van der Waals surface area contributed by atoms with Crippen LogP contribution in [-0.2, 0) is 9.59 Å². The zero-order chi connectivity index (χ0) is 20.1. The van der Waals surface area contributed by atoms with Crippen molar-refractivity contribution in [3.63, 3.8) is 0 Å². The van der Waals surface area contributed by atoms with Gasteiger partial charge in [-0.05, 0) is 42.8 Å². The molecule has 1 aliphatic rings. The average molecular weight is 495 g/mol. The third-order valence-electron chi connectivity index (χ3n) is 3.76. The topological polar surface area (TPSA) is 70.5 Å². The van der Waals surface area contributed by atoms with Crippen molar-refractivity contribution in [2.24, 2.45) is 0 Å². The van der Waals surface area contributed by atoms with Crippen LogP contribution in [0.2, 0.25) is 0 Å². The summed E-state index contributed by atoms with van der Waals surface area (Å²) in [6.07, 6.45) is 3.89. The summed E-state index contributed by atoms with van der Waals surface area (Å²) >= 11 is 11.5. The van der Waals surface area contributed by atoms with Crippen molar-refractivity contribution in [2.75, 3.05) is 6.54 Å². The van der Waals surface area contributed by atoms with Crippen molar-refractivity contribution in [3.05, 3.63) is 57.5 Å². The second-order valence-electron chi connectivity index (χ2n) is 5.78. The number of carboxylic acid groups (broad SMARTS) is 1. The quantitative estimate of drug-likeness (QED) is 0.425. The predicted molar refractivity (Wildman–Crippen MR) is 119 cm³/mol. The molecular formula is C19H15BrN2O3S3. The van der Waals surface area contributed by atoms with Gasteiger partial charge < -0.3 is 5.11 Å². The molecule has 1 amide bonds. The number of benzene rings is 1. The van der Waals surface area contributed by atoms with Gasteiger partial charge in [0.2, 0.25) is 0 Å². The van der Waals surface area contributed by atoms with Crippen LogP contribution in [0, 0.1) is 0 Å². The maximum Gasteiger partial charge on any atom is 0.303 e. The number of aliphatic carboxylic acids is 1.